The van der Waals surface area contributed by atoms with E-state index in [-0.39, 0.29) is 18.2 Å². The van der Waals surface area contributed by atoms with E-state index < -0.39 is 4.92 Å². The van der Waals surface area contributed by atoms with E-state index in [1.54, 1.807) is 18.2 Å². The van der Waals surface area contributed by atoms with Crippen molar-refractivity contribution in [1.29, 1.82) is 5.26 Å². The van der Waals surface area contributed by atoms with Gasteiger partial charge in [0.2, 0.25) is 0 Å². The van der Waals surface area contributed by atoms with Gasteiger partial charge >= 0.3 is 0 Å². The van der Waals surface area contributed by atoms with Gasteiger partial charge in [-0.15, -0.1) is 0 Å². The van der Waals surface area contributed by atoms with E-state index in [0.717, 1.165) is 16.8 Å². The molecule has 0 aliphatic heterocycles. The van der Waals surface area contributed by atoms with Gasteiger partial charge in [-0.1, -0.05) is 17.7 Å². The van der Waals surface area contributed by atoms with Crippen LogP contribution in [0.2, 0.25) is 0 Å². The largest absolute Gasteiger partial charge is 0.493 e. The lowest BCUT2D eigenvalue weighted by Crippen LogP contribution is -2.21. The zero-order valence-corrected chi connectivity index (χ0v) is 21.5. The maximum atomic E-state index is 12.4. The predicted octanol–water partition coefficient (Wildman–Crippen LogP) is 5.91. The summed E-state index contributed by atoms with van der Waals surface area (Å²) in [5, 5.41) is 23.3. The first-order valence-electron chi connectivity index (χ1n) is 10.5. The number of benzene rings is 3. The molecule has 0 aliphatic carbocycles. The predicted molar refractivity (Wildman–Crippen MR) is 142 cm³/mol. The molecule has 178 valence electrons. The molecule has 0 bridgehead atoms. The number of nitrogens with zero attached hydrogens (tertiary/aromatic N) is 2. The third-order valence-corrected chi connectivity index (χ3v) is 5.88. The number of amides is 1. The maximum absolute atomic E-state index is 12.4. The standard InChI is InChI=1S/C26H22IN3O5/c1-16-4-9-23(17(2)10-16)29-25(31)15-35-26-22(27)12-18(13-24(26)34-3)11-20(14-28)19-5-7-21(8-6-19)30(32)33/h4-13H,15H2,1-3H3,(H,29,31)/b20-11+. The summed E-state index contributed by atoms with van der Waals surface area (Å²) in [5.41, 5.74) is 4.30. The number of nitro benzene ring substituents is 1. The lowest BCUT2D eigenvalue weighted by atomic mass is 10.0. The Bertz CT molecular complexity index is 1340. The molecular formula is C26H22IN3O5. The number of anilines is 1. The number of allylic oxidation sites excluding steroid dienone is 1. The Morgan fingerprint density at radius 1 is 1.17 bits per heavy atom. The molecule has 35 heavy (non-hydrogen) atoms. The number of carbonyl (C=O) groups is 1. The van der Waals surface area contributed by atoms with Crippen molar-refractivity contribution in [3.8, 4) is 17.6 Å². The average Bonchev–Trinajstić information content (AvgIpc) is 2.83. The number of nitro groups is 1. The van der Waals surface area contributed by atoms with Crippen LogP contribution in [-0.2, 0) is 4.79 Å². The zero-order valence-electron chi connectivity index (χ0n) is 19.3. The molecule has 3 rings (SSSR count). The van der Waals surface area contributed by atoms with Gasteiger partial charge in [0.25, 0.3) is 11.6 Å². The fourth-order valence-electron chi connectivity index (χ4n) is 3.35. The summed E-state index contributed by atoms with van der Waals surface area (Å²) in [6.45, 7) is 3.70. The number of nitriles is 1. The van der Waals surface area contributed by atoms with Crippen LogP contribution in [0.1, 0.15) is 22.3 Å². The number of carbonyl (C=O) groups excluding carboxylic acids is 1. The number of ether oxygens (including phenoxy) is 2. The normalized spacial score (nSPS) is 10.9. The molecule has 0 saturated heterocycles. The van der Waals surface area contributed by atoms with Crippen molar-refractivity contribution in [3.63, 3.8) is 0 Å². The molecule has 0 heterocycles. The van der Waals surface area contributed by atoms with Crippen LogP contribution >= 0.6 is 22.6 Å². The van der Waals surface area contributed by atoms with Crippen LogP contribution in [0.15, 0.2) is 54.6 Å². The van der Waals surface area contributed by atoms with E-state index in [1.807, 2.05) is 32.0 Å². The number of hydrogen-bond acceptors (Lipinski definition) is 6. The Hall–Kier alpha value is -3.91. The van der Waals surface area contributed by atoms with Gasteiger partial charge in [0.05, 0.1) is 27.2 Å². The summed E-state index contributed by atoms with van der Waals surface area (Å²) in [5.74, 6) is 0.516. The molecule has 0 radical (unpaired) electrons. The van der Waals surface area contributed by atoms with Gasteiger partial charge in [-0.25, -0.2) is 0 Å². The molecule has 3 aromatic carbocycles. The van der Waals surface area contributed by atoms with E-state index in [9.17, 15) is 20.2 Å². The van der Waals surface area contributed by atoms with Crippen LogP contribution < -0.4 is 14.8 Å². The summed E-state index contributed by atoms with van der Waals surface area (Å²) in [6, 6.07) is 17.1. The number of halogens is 1. The van der Waals surface area contributed by atoms with Gasteiger partial charge in [-0.2, -0.15) is 5.26 Å². The topological polar surface area (TPSA) is 114 Å². The smallest absolute Gasteiger partial charge is 0.269 e. The molecule has 0 saturated carbocycles. The van der Waals surface area contributed by atoms with Crippen molar-refractivity contribution in [3.05, 3.63) is 90.5 Å². The van der Waals surface area contributed by atoms with E-state index in [1.165, 1.54) is 31.4 Å². The third kappa shape index (κ3) is 6.58. The highest BCUT2D eigenvalue weighted by atomic mass is 127. The monoisotopic (exact) mass is 583 g/mol. The molecule has 0 spiro atoms. The second-order valence-electron chi connectivity index (χ2n) is 7.66. The Kier molecular flexibility index (Phi) is 8.43. The fourth-order valence-corrected chi connectivity index (χ4v) is 4.13. The minimum atomic E-state index is -0.492. The van der Waals surface area contributed by atoms with Gasteiger partial charge < -0.3 is 14.8 Å². The second-order valence-corrected chi connectivity index (χ2v) is 8.83. The van der Waals surface area contributed by atoms with E-state index >= 15 is 0 Å². The number of rotatable bonds is 8. The Labute approximate surface area is 216 Å². The summed E-state index contributed by atoms with van der Waals surface area (Å²) >= 11 is 2.08. The minimum absolute atomic E-state index is 0.0506. The minimum Gasteiger partial charge on any atom is -0.493 e. The third-order valence-electron chi connectivity index (χ3n) is 5.08. The van der Waals surface area contributed by atoms with Crippen molar-refractivity contribution >= 4 is 51.5 Å². The first-order chi connectivity index (χ1) is 16.7. The van der Waals surface area contributed by atoms with Crippen LogP contribution in [0.5, 0.6) is 11.5 Å². The molecule has 9 heteroatoms. The lowest BCUT2D eigenvalue weighted by Gasteiger charge is -2.14. The van der Waals surface area contributed by atoms with Crippen LogP contribution in [0.25, 0.3) is 11.6 Å². The molecule has 0 aliphatic rings. The SMILES string of the molecule is COc1cc(/C=C(\C#N)c2ccc([N+](=O)[O-])cc2)cc(I)c1OCC(=O)Nc1ccc(C)cc1C. The van der Waals surface area contributed by atoms with Crippen molar-refractivity contribution in [2.24, 2.45) is 0 Å². The Balaban J connectivity index is 1.78. The van der Waals surface area contributed by atoms with Gasteiger partial charge in [0.1, 0.15) is 0 Å². The van der Waals surface area contributed by atoms with Crippen molar-refractivity contribution in [2.45, 2.75) is 13.8 Å². The maximum Gasteiger partial charge on any atom is 0.269 e. The Morgan fingerprint density at radius 3 is 2.49 bits per heavy atom. The highest BCUT2D eigenvalue weighted by molar-refractivity contribution is 14.1. The van der Waals surface area contributed by atoms with Crippen LogP contribution in [0.3, 0.4) is 0 Å². The van der Waals surface area contributed by atoms with Crippen LogP contribution in [0, 0.1) is 38.9 Å². The van der Waals surface area contributed by atoms with Gasteiger partial charge in [-0.05, 0) is 89.5 Å². The van der Waals surface area contributed by atoms with Crippen LogP contribution in [0.4, 0.5) is 11.4 Å². The van der Waals surface area contributed by atoms with Crippen LogP contribution in [-0.4, -0.2) is 24.5 Å². The summed E-state index contributed by atoms with van der Waals surface area (Å²) in [7, 11) is 1.49. The first-order valence-corrected chi connectivity index (χ1v) is 11.5. The molecule has 0 fully saturated rings. The second kappa shape index (κ2) is 11.5. The highest BCUT2D eigenvalue weighted by Gasteiger charge is 2.15. The quantitative estimate of drug-likeness (QED) is 0.116. The van der Waals surface area contributed by atoms with E-state index in [4.69, 9.17) is 9.47 Å². The summed E-state index contributed by atoms with van der Waals surface area (Å²) in [4.78, 5) is 22.8. The van der Waals surface area contributed by atoms with Gasteiger partial charge in [0.15, 0.2) is 18.1 Å². The zero-order chi connectivity index (χ0) is 25.5. The summed E-state index contributed by atoms with van der Waals surface area (Å²) < 4.78 is 11.9. The molecule has 0 aromatic heterocycles. The molecule has 1 amide bonds. The highest BCUT2D eigenvalue weighted by Crippen LogP contribution is 2.35. The number of non-ortho nitro benzene ring substituents is 1. The molecule has 8 nitrogen and oxygen atoms in total. The molecule has 3 aromatic rings. The van der Waals surface area contributed by atoms with E-state index in [0.29, 0.717) is 31.8 Å². The van der Waals surface area contributed by atoms with Gasteiger partial charge in [0, 0.05) is 17.8 Å². The number of nitrogens with one attached hydrogen (secondary N) is 1. The lowest BCUT2D eigenvalue weighted by molar-refractivity contribution is -0.384. The molecule has 0 unspecified atom stereocenters. The molecule has 1 N–H and O–H groups in total. The first kappa shape index (κ1) is 25.7. The van der Waals surface area contributed by atoms with Crippen molar-refractivity contribution in [1.82, 2.24) is 0 Å². The van der Waals surface area contributed by atoms with Crippen molar-refractivity contribution < 1.29 is 19.2 Å². The van der Waals surface area contributed by atoms with Crippen molar-refractivity contribution in [2.75, 3.05) is 19.0 Å². The van der Waals surface area contributed by atoms with Gasteiger partial charge in [-0.3, -0.25) is 14.9 Å². The molecular weight excluding hydrogens is 561 g/mol. The number of aryl methyl sites for hydroxylation is 2. The number of hydrogen-bond donors (Lipinski definition) is 1. The van der Waals surface area contributed by atoms with E-state index in [2.05, 4.69) is 34.0 Å². The average molecular weight is 583 g/mol. The fraction of sp³-hybridized carbons (Fsp3) is 0.154. The number of methoxy groups -OCH3 is 1. The summed E-state index contributed by atoms with van der Waals surface area (Å²) in [6.07, 6.45) is 1.66. The Morgan fingerprint density at radius 2 is 1.89 bits per heavy atom. The molecule has 0 atom stereocenters.